The topological polar surface area (TPSA) is 92.6 Å². The molecule has 0 bridgehead atoms. The van der Waals surface area contributed by atoms with Crippen LogP contribution in [0.1, 0.15) is 17.7 Å². The number of benzene rings is 2. The summed E-state index contributed by atoms with van der Waals surface area (Å²) in [5.74, 6) is 1.37. The lowest BCUT2D eigenvalue weighted by Crippen LogP contribution is -2.27. The normalized spacial score (nSPS) is 10.2. The lowest BCUT2D eigenvalue weighted by Gasteiger charge is -2.09. The van der Waals surface area contributed by atoms with Gasteiger partial charge in [-0.15, -0.1) is 0 Å². The summed E-state index contributed by atoms with van der Waals surface area (Å²) < 4.78 is 10.3. The minimum atomic E-state index is -0.337. The smallest absolute Gasteiger partial charge is 0.319 e. The van der Waals surface area contributed by atoms with E-state index in [0.717, 1.165) is 11.3 Å². The molecule has 0 saturated heterocycles. The van der Waals surface area contributed by atoms with E-state index < -0.39 is 0 Å². The highest BCUT2D eigenvalue weighted by Gasteiger charge is 2.06. The molecule has 3 amide bonds. The van der Waals surface area contributed by atoms with E-state index in [-0.39, 0.29) is 11.9 Å². The van der Waals surface area contributed by atoms with E-state index in [0.29, 0.717) is 36.5 Å². The lowest BCUT2D eigenvalue weighted by molar-refractivity contribution is -0.116. The maximum atomic E-state index is 12.2. The molecule has 2 aromatic carbocycles. The zero-order valence-corrected chi connectivity index (χ0v) is 16.1. The molecule has 3 aromatic rings. The van der Waals surface area contributed by atoms with Gasteiger partial charge < -0.3 is 25.1 Å². The highest BCUT2D eigenvalue weighted by atomic mass is 16.5. The molecule has 0 spiro atoms. The van der Waals surface area contributed by atoms with Crippen LogP contribution in [0.25, 0.3) is 0 Å². The van der Waals surface area contributed by atoms with Crippen LogP contribution < -0.4 is 20.7 Å². The van der Waals surface area contributed by atoms with Crippen molar-refractivity contribution in [1.82, 2.24) is 5.32 Å². The standard InChI is InChI=1S/C22H23N3O4/c1-28-19-5-2-4-16(14-19)7-12-21(26)24-17-8-10-18(11-9-17)25-22(27)23-15-20-6-3-13-29-20/h2-6,8-11,13-14H,7,12,15H2,1H3,(H,24,26)(H2,23,25,27). The van der Waals surface area contributed by atoms with Crippen molar-refractivity contribution in [2.24, 2.45) is 0 Å². The predicted molar refractivity (Wildman–Crippen MR) is 111 cm³/mol. The van der Waals surface area contributed by atoms with Crippen LogP contribution in [0, 0.1) is 0 Å². The number of nitrogens with one attached hydrogen (secondary N) is 3. The molecular formula is C22H23N3O4. The summed E-state index contributed by atoms with van der Waals surface area (Å²) in [6.07, 6.45) is 2.54. The van der Waals surface area contributed by atoms with Crippen molar-refractivity contribution in [3.63, 3.8) is 0 Å². The third-order valence-electron chi connectivity index (χ3n) is 4.20. The number of amides is 3. The van der Waals surface area contributed by atoms with E-state index in [1.165, 1.54) is 0 Å². The Morgan fingerprint density at radius 1 is 0.966 bits per heavy atom. The first kappa shape index (κ1) is 20.0. The van der Waals surface area contributed by atoms with Gasteiger partial charge in [-0.25, -0.2) is 4.79 Å². The third-order valence-corrected chi connectivity index (χ3v) is 4.20. The molecule has 7 nitrogen and oxygen atoms in total. The third kappa shape index (κ3) is 6.42. The number of aryl methyl sites for hydroxylation is 1. The largest absolute Gasteiger partial charge is 0.497 e. The summed E-state index contributed by atoms with van der Waals surface area (Å²) in [6.45, 7) is 0.306. The lowest BCUT2D eigenvalue weighted by atomic mass is 10.1. The first-order chi connectivity index (χ1) is 14.1. The van der Waals surface area contributed by atoms with Crippen molar-refractivity contribution < 1.29 is 18.7 Å². The molecule has 0 saturated carbocycles. The number of rotatable bonds is 8. The van der Waals surface area contributed by atoms with Gasteiger partial charge in [-0.1, -0.05) is 12.1 Å². The van der Waals surface area contributed by atoms with E-state index in [4.69, 9.17) is 9.15 Å². The first-order valence-corrected chi connectivity index (χ1v) is 9.22. The van der Waals surface area contributed by atoms with E-state index in [1.54, 1.807) is 49.8 Å². The summed E-state index contributed by atoms with van der Waals surface area (Å²) in [7, 11) is 1.62. The van der Waals surface area contributed by atoms with Gasteiger partial charge in [-0.3, -0.25) is 4.79 Å². The monoisotopic (exact) mass is 393 g/mol. The maximum Gasteiger partial charge on any atom is 0.319 e. The second kappa shape index (κ2) is 9.98. The molecule has 0 fully saturated rings. The molecule has 0 aliphatic heterocycles. The number of urea groups is 1. The summed E-state index contributed by atoms with van der Waals surface area (Å²) >= 11 is 0. The summed E-state index contributed by atoms with van der Waals surface area (Å²) in [5, 5.41) is 8.28. The Morgan fingerprint density at radius 3 is 2.41 bits per heavy atom. The molecule has 29 heavy (non-hydrogen) atoms. The van der Waals surface area contributed by atoms with Crippen molar-refractivity contribution in [2.45, 2.75) is 19.4 Å². The Bertz CT molecular complexity index is 937. The van der Waals surface area contributed by atoms with Crippen LogP contribution in [0.5, 0.6) is 5.75 Å². The molecule has 0 radical (unpaired) electrons. The number of methoxy groups -OCH3 is 1. The fourth-order valence-corrected chi connectivity index (χ4v) is 2.70. The zero-order valence-electron chi connectivity index (χ0n) is 16.1. The average molecular weight is 393 g/mol. The quantitative estimate of drug-likeness (QED) is 0.535. The average Bonchev–Trinajstić information content (AvgIpc) is 3.26. The van der Waals surface area contributed by atoms with Crippen molar-refractivity contribution >= 4 is 23.3 Å². The number of furan rings is 1. The predicted octanol–water partition coefficient (Wildman–Crippen LogP) is 4.18. The molecule has 0 aliphatic rings. The molecule has 7 heteroatoms. The second-order valence-corrected chi connectivity index (χ2v) is 6.36. The van der Waals surface area contributed by atoms with Crippen LogP contribution in [-0.4, -0.2) is 19.0 Å². The molecule has 150 valence electrons. The number of ether oxygens (including phenoxy) is 1. The molecule has 1 heterocycles. The van der Waals surface area contributed by atoms with Gasteiger partial charge in [0.2, 0.25) is 5.91 Å². The Morgan fingerprint density at radius 2 is 1.72 bits per heavy atom. The fourth-order valence-electron chi connectivity index (χ4n) is 2.70. The van der Waals surface area contributed by atoms with Crippen LogP contribution in [0.2, 0.25) is 0 Å². The minimum Gasteiger partial charge on any atom is -0.497 e. The number of carbonyl (C=O) groups is 2. The van der Waals surface area contributed by atoms with E-state index in [2.05, 4.69) is 16.0 Å². The van der Waals surface area contributed by atoms with Crippen molar-refractivity contribution in [3.05, 3.63) is 78.3 Å². The molecule has 0 unspecified atom stereocenters. The van der Waals surface area contributed by atoms with E-state index in [9.17, 15) is 9.59 Å². The van der Waals surface area contributed by atoms with Gasteiger partial charge in [-0.2, -0.15) is 0 Å². The number of carbonyl (C=O) groups excluding carboxylic acids is 2. The van der Waals surface area contributed by atoms with Crippen LogP contribution in [-0.2, 0) is 17.8 Å². The summed E-state index contributed by atoms with van der Waals surface area (Å²) in [4.78, 5) is 24.1. The van der Waals surface area contributed by atoms with E-state index in [1.807, 2.05) is 24.3 Å². The van der Waals surface area contributed by atoms with Crippen molar-refractivity contribution in [3.8, 4) is 5.75 Å². The Labute approximate surface area is 169 Å². The van der Waals surface area contributed by atoms with Gasteiger partial charge in [0, 0.05) is 17.8 Å². The number of anilines is 2. The number of hydrogen-bond donors (Lipinski definition) is 3. The number of hydrogen-bond acceptors (Lipinski definition) is 4. The van der Waals surface area contributed by atoms with Gasteiger partial charge >= 0.3 is 6.03 Å². The van der Waals surface area contributed by atoms with Gasteiger partial charge in [0.1, 0.15) is 11.5 Å². The zero-order chi connectivity index (χ0) is 20.5. The van der Waals surface area contributed by atoms with Gasteiger partial charge in [0.05, 0.1) is 19.9 Å². The molecular weight excluding hydrogens is 370 g/mol. The fraction of sp³-hybridized carbons (Fsp3) is 0.182. The van der Waals surface area contributed by atoms with Crippen LogP contribution in [0.3, 0.4) is 0 Å². The maximum absolute atomic E-state index is 12.2. The first-order valence-electron chi connectivity index (χ1n) is 9.22. The molecule has 1 aromatic heterocycles. The van der Waals surface area contributed by atoms with Crippen LogP contribution in [0.4, 0.5) is 16.2 Å². The molecule has 0 atom stereocenters. The second-order valence-electron chi connectivity index (χ2n) is 6.36. The van der Waals surface area contributed by atoms with Gasteiger partial charge in [0.15, 0.2) is 0 Å². The highest BCUT2D eigenvalue weighted by molar-refractivity contribution is 5.92. The SMILES string of the molecule is COc1cccc(CCC(=O)Nc2ccc(NC(=O)NCc3ccco3)cc2)c1. The Hall–Kier alpha value is -3.74. The minimum absolute atomic E-state index is 0.0790. The van der Waals surface area contributed by atoms with Crippen LogP contribution in [0.15, 0.2) is 71.3 Å². The van der Waals surface area contributed by atoms with Crippen LogP contribution >= 0.6 is 0 Å². The van der Waals surface area contributed by atoms with Gasteiger partial charge in [0.25, 0.3) is 0 Å². The van der Waals surface area contributed by atoms with Gasteiger partial charge in [-0.05, 0) is 60.5 Å². The van der Waals surface area contributed by atoms with E-state index >= 15 is 0 Å². The Balaban J connectivity index is 1.43. The summed E-state index contributed by atoms with van der Waals surface area (Å²) in [5.41, 5.74) is 2.33. The highest BCUT2D eigenvalue weighted by Crippen LogP contribution is 2.16. The summed E-state index contributed by atoms with van der Waals surface area (Å²) in [6, 6.07) is 17.8. The Kier molecular flexibility index (Phi) is 6.89. The molecule has 3 rings (SSSR count). The molecule has 3 N–H and O–H groups in total. The van der Waals surface area contributed by atoms with Crippen molar-refractivity contribution in [1.29, 1.82) is 0 Å². The van der Waals surface area contributed by atoms with Crippen molar-refractivity contribution in [2.75, 3.05) is 17.7 Å². The molecule has 0 aliphatic carbocycles.